The van der Waals surface area contributed by atoms with Crippen LogP contribution in [0.1, 0.15) is 17.0 Å². The SMILES string of the molecule is Cc1nnc(Sc2ccc(C(F)(F)F)c(C(=N)N)c2)n1C. The molecule has 0 amide bonds. The molecule has 0 fully saturated rings. The summed E-state index contributed by atoms with van der Waals surface area (Å²) >= 11 is 1.16. The molecule has 2 aromatic rings. The number of nitrogens with two attached hydrogens (primary N) is 1. The zero-order valence-corrected chi connectivity index (χ0v) is 12.0. The van der Waals surface area contributed by atoms with Crippen LogP contribution in [0.2, 0.25) is 0 Å². The van der Waals surface area contributed by atoms with Crippen molar-refractivity contribution in [3.8, 4) is 0 Å². The molecule has 1 aromatic carbocycles. The van der Waals surface area contributed by atoms with Gasteiger partial charge in [0.1, 0.15) is 11.7 Å². The summed E-state index contributed by atoms with van der Waals surface area (Å²) in [5, 5.41) is 15.7. The standard InChI is InChI=1S/C12H12F3N5S/c1-6-18-19-11(20(6)2)21-7-3-4-9(12(13,14)15)8(5-7)10(16)17/h3-5H,1-2H3,(H3,16,17). The van der Waals surface area contributed by atoms with Crippen molar-refractivity contribution in [2.75, 3.05) is 0 Å². The van der Waals surface area contributed by atoms with E-state index in [0.717, 1.165) is 17.8 Å². The average molecular weight is 315 g/mol. The highest BCUT2D eigenvalue weighted by Crippen LogP contribution is 2.35. The van der Waals surface area contributed by atoms with Gasteiger partial charge in [-0.25, -0.2) is 0 Å². The number of alkyl halides is 3. The molecule has 1 heterocycles. The fraction of sp³-hybridized carbons (Fsp3) is 0.250. The summed E-state index contributed by atoms with van der Waals surface area (Å²) in [5.74, 6) is 0.0649. The third-order valence-electron chi connectivity index (χ3n) is 2.85. The van der Waals surface area contributed by atoms with E-state index in [1.54, 1.807) is 18.5 Å². The number of halogens is 3. The number of nitrogen functional groups attached to an aromatic ring is 1. The third kappa shape index (κ3) is 3.18. The molecule has 21 heavy (non-hydrogen) atoms. The lowest BCUT2D eigenvalue weighted by atomic mass is 10.1. The summed E-state index contributed by atoms with van der Waals surface area (Å²) in [6.07, 6.45) is -4.55. The maximum atomic E-state index is 12.8. The van der Waals surface area contributed by atoms with Crippen molar-refractivity contribution >= 4 is 17.6 Å². The molecule has 0 unspecified atom stereocenters. The molecule has 0 saturated heterocycles. The molecule has 0 saturated carbocycles. The first-order chi connectivity index (χ1) is 9.70. The highest BCUT2D eigenvalue weighted by Gasteiger charge is 2.34. The summed E-state index contributed by atoms with van der Waals surface area (Å²) < 4.78 is 40.3. The molecular weight excluding hydrogens is 303 g/mol. The van der Waals surface area contributed by atoms with Crippen molar-refractivity contribution in [1.29, 1.82) is 5.41 Å². The Kier molecular flexibility index (Phi) is 3.95. The van der Waals surface area contributed by atoms with E-state index in [1.165, 1.54) is 12.1 Å². The Balaban J connectivity index is 2.41. The normalized spacial score (nSPS) is 11.7. The number of rotatable bonds is 3. The van der Waals surface area contributed by atoms with Crippen LogP contribution in [0, 0.1) is 12.3 Å². The molecule has 0 aliphatic carbocycles. The Bertz CT molecular complexity index is 693. The van der Waals surface area contributed by atoms with E-state index in [9.17, 15) is 13.2 Å². The van der Waals surface area contributed by atoms with E-state index < -0.39 is 17.6 Å². The summed E-state index contributed by atoms with van der Waals surface area (Å²) in [4.78, 5) is 0.503. The molecule has 3 N–H and O–H groups in total. The second-order valence-corrected chi connectivity index (χ2v) is 5.35. The molecular formula is C12H12F3N5S. The van der Waals surface area contributed by atoms with Crippen LogP contribution in [0.4, 0.5) is 13.2 Å². The van der Waals surface area contributed by atoms with Crippen LogP contribution in [0.5, 0.6) is 0 Å². The molecule has 1 aromatic heterocycles. The average Bonchev–Trinajstić information content (AvgIpc) is 2.69. The van der Waals surface area contributed by atoms with Gasteiger partial charge in [0.05, 0.1) is 5.56 Å². The van der Waals surface area contributed by atoms with Gasteiger partial charge in [-0.3, -0.25) is 5.41 Å². The fourth-order valence-corrected chi connectivity index (χ4v) is 2.51. The van der Waals surface area contributed by atoms with E-state index in [4.69, 9.17) is 11.1 Å². The molecule has 5 nitrogen and oxygen atoms in total. The predicted octanol–water partition coefficient (Wildman–Crippen LogP) is 2.58. The van der Waals surface area contributed by atoms with Gasteiger partial charge in [-0.1, -0.05) is 0 Å². The zero-order chi connectivity index (χ0) is 15.8. The zero-order valence-electron chi connectivity index (χ0n) is 11.2. The number of aryl methyl sites for hydroxylation is 1. The molecule has 0 bridgehead atoms. The molecule has 0 aliphatic rings. The Morgan fingerprint density at radius 2 is 2.00 bits per heavy atom. The number of benzene rings is 1. The molecule has 0 spiro atoms. The first-order valence-electron chi connectivity index (χ1n) is 5.79. The van der Waals surface area contributed by atoms with Crippen molar-refractivity contribution in [2.45, 2.75) is 23.2 Å². The van der Waals surface area contributed by atoms with E-state index >= 15 is 0 Å². The first-order valence-corrected chi connectivity index (χ1v) is 6.61. The van der Waals surface area contributed by atoms with Crippen LogP contribution in [-0.2, 0) is 13.2 Å². The topological polar surface area (TPSA) is 80.6 Å². The molecule has 0 atom stereocenters. The highest BCUT2D eigenvalue weighted by molar-refractivity contribution is 7.99. The minimum Gasteiger partial charge on any atom is -0.384 e. The minimum atomic E-state index is -4.55. The molecule has 112 valence electrons. The van der Waals surface area contributed by atoms with Gasteiger partial charge in [0, 0.05) is 17.5 Å². The van der Waals surface area contributed by atoms with Gasteiger partial charge in [0.15, 0.2) is 5.16 Å². The molecule has 0 radical (unpaired) electrons. The van der Waals surface area contributed by atoms with Crippen LogP contribution >= 0.6 is 11.8 Å². The number of amidine groups is 1. The van der Waals surface area contributed by atoms with E-state index in [-0.39, 0.29) is 5.56 Å². The third-order valence-corrected chi connectivity index (χ3v) is 3.88. The van der Waals surface area contributed by atoms with Crippen molar-refractivity contribution < 1.29 is 13.2 Å². The lowest BCUT2D eigenvalue weighted by Gasteiger charge is -2.13. The monoisotopic (exact) mass is 315 g/mol. The largest absolute Gasteiger partial charge is 0.417 e. The van der Waals surface area contributed by atoms with Gasteiger partial charge in [-0.15, -0.1) is 10.2 Å². The van der Waals surface area contributed by atoms with Gasteiger partial charge in [0.2, 0.25) is 0 Å². The summed E-state index contributed by atoms with van der Waals surface area (Å²) in [6, 6.07) is 3.48. The van der Waals surface area contributed by atoms with E-state index in [0.29, 0.717) is 15.9 Å². The van der Waals surface area contributed by atoms with Gasteiger partial charge >= 0.3 is 6.18 Å². The van der Waals surface area contributed by atoms with Gasteiger partial charge in [-0.05, 0) is 36.9 Å². The fourth-order valence-electron chi connectivity index (χ4n) is 1.64. The minimum absolute atomic E-state index is 0.341. The Morgan fingerprint density at radius 1 is 1.33 bits per heavy atom. The molecule has 2 rings (SSSR count). The van der Waals surface area contributed by atoms with Crippen LogP contribution in [0.25, 0.3) is 0 Å². The lowest BCUT2D eigenvalue weighted by Crippen LogP contribution is -2.18. The Labute approximate surface area is 122 Å². The van der Waals surface area contributed by atoms with Crippen molar-refractivity contribution in [3.63, 3.8) is 0 Å². The van der Waals surface area contributed by atoms with Crippen molar-refractivity contribution in [3.05, 3.63) is 35.2 Å². The highest BCUT2D eigenvalue weighted by atomic mass is 32.2. The van der Waals surface area contributed by atoms with Crippen molar-refractivity contribution in [1.82, 2.24) is 14.8 Å². The van der Waals surface area contributed by atoms with Crippen LogP contribution in [-0.4, -0.2) is 20.6 Å². The second-order valence-electron chi connectivity index (χ2n) is 4.31. The number of nitrogens with zero attached hydrogens (tertiary/aromatic N) is 3. The number of nitrogens with one attached hydrogen (secondary N) is 1. The predicted molar refractivity (Wildman–Crippen MR) is 72.3 cm³/mol. The quantitative estimate of drug-likeness (QED) is 0.674. The Hall–Kier alpha value is -2.03. The summed E-state index contributed by atoms with van der Waals surface area (Å²) in [6.45, 7) is 1.77. The van der Waals surface area contributed by atoms with E-state index in [2.05, 4.69) is 10.2 Å². The molecule has 9 heteroatoms. The first kappa shape index (κ1) is 15.4. The number of hydrogen-bond donors (Lipinski definition) is 2. The van der Waals surface area contributed by atoms with Crippen molar-refractivity contribution in [2.24, 2.45) is 12.8 Å². The number of hydrogen-bond acceptors (Lipinski definition) is 4. The smallest absolute Gasteiger partial charge is 0.384 e. The summed E-state index contributed by atoms with van der Waals surface area (Å²) in [5.41, 5.74) is 3.98. The maximum absolute atomic E-state index is 12.8. The second kappa shape index (κ2) is 5.40. The summed E-state index contributed by atoms with van der Waals surface area (Å²) in [7, 11) is 1.76. The lowest BCUT2D eigenvalue weighted by molar-refractivity contribution is -0.137. The van der Waals surface area contributed by atoms with E-state index in [1.807, 2.05) is 0 Å². The Morgan fingerprint density at radius 3 is 2.48 bits per heavy atom. The van der Waals surface area contributed by atoms with Crippen LogP contribution in [0.15, 0.2) is 28.3 Å². The molecule has 0 aliphatic heterocycles. The number of aromatic nitrogens is 3. The van der Waals surface area contributed by atoms with Crippen LogP contribution in [0.3, 0.4) is 0 Å². The maximum Gasteiger partial charge on any atom is 0.417 e. The van der Waals surface area contributed by atoms with Crippen LogP contribution < -0.4 is 5.73 Å². The van der Waals surface area contributed by atoms with Gasteiger partial charge < -0.3 is 10.3 Å². The van der Waals surface area contributed by atoms with Gasteiger partial charge in [0.25, 0.3) is 0 Å². The van der Waals surface area contributed by atoms with Gasteiger partial charge in [-0.2, -0.15) is 13.2 Å².